The SMILES string of the molecule is CCSc1ccc(C(C)N)c(Br)c1. The zero-order valence-electron chi connectivity index (χ0n) is 7.88. The maximum absolute atomic E-state index is 5.80. The van der Waals surface area contributed by atoms with Gasteiger partial charge in [-0.1, -0.05) is 28.9 Å². The van der Waals surface area contributed by atoms with E-state index in [1.807, 2.05) is 18.7 Å². The van der Waals surface area contributed by atoms with Crippen molar-refractivity contribution in [2.24, 2.45) is 5.73 Å². The van der Waals surface area contributed by atoms with Gasteiger partial charge in [-0.05, 0) is 30.4 Å². The minimum absolute atomic E-state index is 0.0926. The Morgan fingerprint density at radius 3 is 2.69 bits per heavy atom. The van der Waals surface area contributed by atoms with E-state index in [0.717, 1.165) is 10.2 Å². The Morgan fingerprint density at radius 1 is 1.54 bits per heavy atom. The van der Waals surface area contributed by atoms with Crippen LogP contribution in [0.25, 0.3) is 0 Å². The molecule has 0 aliphatic carbocycles. The molecule has 0 amide bonds. The summed E-state index contributed by atoms with van der Waals surface area (Å²) < 4.78 is 1.11. The van der Waals surface area contributed by atoms with Gasteiger partial charge in [0.25, 0.3) is 0 Å². The van der Waals surface area contributed by atoms with Crippen molar-refractivity contribution in [3.05, 3.63) is 28.2 Å². The van der Waals surface area contributed by atoms with E-state index >= 15 is 0 Å². The van der Waals surface area contributed by atoms with Crippen molar-refractivity contribution in [1.29, 1.82) is 0 Å². The second-order valence-electron chi connectivity index (χ2n) is 2.91. The second-order valence-corrected chi connectivity index (χ2v) is 5.10. The van der Waals surface area contributed by atoms with Crippen LogP contribution in [0.2, 0.25) is 0 Å². The van der Waals surface area contributed by atoms with Gasteiger partial charge in [0.05, 0.1) is 0 Å². The predicted molar refractivity (Wildman–Crippen MR) is 63.1 cm³/mol. The normalized spacial score (nSPS) is 12.9. The van der Waals surface area contributed by atoms with Gasteiger partial charge >= 0.3 is 0 Å². The Bertz CT molecular complexity index is 286. The third-order valence-electron chi connectivity index (χ3n) is 1.77. The minimum Gasteiger partial charge on any atom is -0.324 e. The number of hydrogen-bond donors (Lipinski definition) is 1. The number of thioether (sulfide) groups is 1. The summed E-state index contributed by atoms with van der Waals surface area (Å²) in [6.45, 7) is 4.14. The predicted octanol–water partition coefficient (Wildman–Crippen LogP) is 3.58. The fourth-order valence-corrected chi connectivity index (χ4v) is 2.72. The molecule has 0 spiro atoms. The molecule has 72 valence electrons. The Labute approximate surface area is 92.2 Å². The van der Waals surface area contributed by atoms with E-state index in [0.29, 0.717) is 0 Å². The zero-order chi connectivity index (χ0) is 9.84. The molecule has 0 saturated heterocycles. The van der Waals surface area contributed by atoms with Crippen LogP contribution in [0.1, 0.15) is 25.5 Å². The monoisotopic (exact) mass is 259 g/mol. The average Bonchev–Trinajstić information content (AvgIpc) is 2.04. The van der Waals surface area contributed by atoms with Gasteiger partial charge in [0, 0.05) is 15.4 Å². The van der Waals surface area contributed by atoms with Crippen LogP contribution in [-0.4, -0.2) is 5.75 Å². The molecule has 0 saturated carbocycles. The number of hydrogen-bond acceptors (Lipinski definition) is 2. The highest BCUT2D eigenvalue weighted by atomic mass is 79.9. The van der Waals surface area contributed by atoms with E-state index in [9.17, 15) is 0 Å². The fraction of sp³-hybridized carbons (Fsp3) is 0.400. The van der Waals surface area contributed by atoms with Gasteiger partial charge in [-0.2, -0.15) is 0 Å². The van der Waals surface area contributed by atoms with Crippen molar-refractivity contribution in [2.75, 3.05) is 5.75 Å². The summed E-state index contributed by atoms with van der Waals surface area (Å²) in [5.74, 6) is 1.10. The van der Waals surface area contributed by atoms with Crippen molar-refractivity contribution < 1.29 is 0 Å². The summed E-state index contributed by atoms with van der Waals surface area (Å²) in [7, 11) is 0. The fourth-order valence-electron chi connectivity index (χ4n) is 1.13. The molecule has 0 fully saturated rings. The molecule has 0 radical (unpaired) electrons. The summed E-state index contributed by atoms with van der Waals surface area (Å²) in [6, 6.07) is 6.44. The van der Waals surface area contributed by atoms with Crippen LogP contribution >= 0.6 is 27.7 Å². The van der Waals surface area contributed by atoms with E-state index < -0.39 is 0 Å². The van der Waals surface area contributed by atoms with Crippen LogP contribution in [0.3, 0.4) is 0 Å². The zero-order valence-corrected chi connectivity index (χ0v) is 10.3. The lowest BCUT2D eigenvalue weighted by molar-refractivity contribution is 0.811. The first-order valence-corrected chi connectivity index (χ1v) is 6.10. The van der Waals surface area contributed by atoms with Gasteiger partial charge < -0.3 is 5.73 Å². The second kappa shape index (κ2) is 5.03. The summed E-state index contributed by atoms with van der Waals surface area (Å²) in [4.78, 5) is 1.29. The molecular formula is C10H14BrNS. The van der Waals surface area contributed by atoms with Crippen LogP contribution in [0, 0.1) is 0 Å². The van der Waals surface area contributed by atoms with E-state index in [4.69, 9.17) is 5.73 Å². The van der Waals surface area contributed by atoms with Crippen molar-refractivity contribution >= 4 is 27.7 Å². The molecule has 1 aromatic rings. The van der Waals surface area contributed by atoms with Crippen molar-refractivity contribution in [2.45, 2.75) is 24.8 Å². The quantitative estimate of drug-likeness (QED) is 0.840. The number of benzene rings is 1. The van der Waals surface area contributed by atoms with Crippen LogP contribution in [0.4, 0.5) is 0 Å². The van der Waals surface area contributed by atoms with Crippen molar-refractivity contribution in [1.82, 2.24) is 0 Å². The van der Waals surface area contributed by atoms with Gasteiger partial charge in [-0.25, -0.2) is 0 Å². The summed E-state index contributed by atoms with van der Waals surface area (Å²) in [5, 5.41) is 0. The molecular weight excluding hydrogens is 246 g/mol. The summed E-state index contributed by atoms with van der Waals surface area (Å²) in [6.07, 6.45) is 0. The first-order chi connectivity index (χ1) is 6.15. The Morgan fingerprint density at radius 2 is 2.23 bits per heavy atom. The van der Waals surface area contributed by atoms with E-state index in [2.05, 4.69) is 41.1 Å². The average molecular weight is 260 g/mol. The van der Waals surface area contributed by atoms with Crippen LogP contribution in [-0.2, 0) is 0 Å². The number of rotatable bonds is 3. The van der Waals surface area contributed by atoms with E-state index in [1.165, 1.54) is 10.5 Å². The van der Waals surface area contributed by atoms with Crippen molar-refractivity contribution in [3.63, 3.8) is 0 Å². The first-order valence-electron chi connectivity index (χ1n) is 4.33. The Kier molecular flexibility index (Phi) is 4.29. The summed E-state index contributed by atoms with van der Waals surface area (Å²) >= 11 is 5.36. The third kappa shape index (κ3) is 3.01. The van der Waals surface area contributed by atoms with E-state index in [-0.39, 0.29) is 6.04 Å². The molecule has 0 aromatic heterocycles. The van der Waals surface area contributed by atoms with Crippen LogP contribution in [0.15, 0.2) is 27.6 Å². The standard InChI is InChI=1S/C10H14BrNS/c1-3-13-8-4-5-9(7(2)12)10(11)6-8/h4-7H,3,12H2,1-2H3. The number of nitrogens with two attached hydrogens (primary N) is 1. The van der Waals surface area contributed by atoms with Gasteiger partial charge in [0.2, 0.25) is 0 Å². The van der Waals surface area contributed by atoms with Gasteiger partial charge in [-0.3, -0.25) is 0 Å². The molecule has 2 N–H and O–H groups in total. The van der Waals surface area contributed by atoms with E-state index in [1.54, 1.807) is 0 Å². The molecule has 1 unspecified atom stereocenters. The summed E-state index contributed by atoms with van der Waals surface area (Å²) in [5.41, 5.74) is 6.97. The third-order valence-corrected chi connectivity index (χ3v) is 3.34. The van der Waals surface area contributed by atoms with Crippen molar-refractivity contribution in [3.8, 4) is 0 Å². The molecule has 1 rings (SSSR count). The number of halogens is 1. The molecule has 0 aliphatic heterocycles. The lowest BCUT2D eigenvalue weighted by Crippen LogP contribution is -2.05. The van der Waals surface area contributed by atoms with Gasteiger partial charge in [-0.15, -0.1) is 11.8 Å². The molecule has 3 heteroatoms. The topological polar surface area (TPSA) is 26.0 Å². The molecule has 13 heavy (non-hydrogen) atoms. The lowest BCUT2D eigenvalue weighted by Gasteiger charge is -2.09. The van der Waals surface area contributed by atoms with Gasteiger partial charge in [0.15, 0.2) is 0 Å². The highest BCUT2D eigenvalue weighted by Gasteiger charge is 2.04. The maximum Gasteiger partial charge on any atom is 0.0277 e. The lowest BCUT2D eigenvalue weighted by atomic mass is 10.1. The first kappa shape index (κ1) is 11.1. The highest BCUT2D eigenvalue weighted by molar-refractivity contribution is 9.10. The molecule has 0 aliphatic rings. The van der Waals surface area contributed by atoms with Crippen LogP contribution in [0.5, 0.6) is 0 Å². The molecule has 1 atom stereocenters. The smallest absolute Gasteiger partial charge is 0.0277 e. The molecule has 0 heterocycles. The molecule has 1 nitrogen and oxygen atoms in total. The Balaban J connectivity index is 2.92. The largest absolute Gasteiger partial charge is 0.324 e. The molecule has 1 aromatic carbocycles. The maximum atomic E-state index is 5.80. The minimum atomic E-state index is 0.0926. The molecule has 0 bridgehead atoms. The van der Waals surface area contributed by atoms with Gasteiger partial charge in [0.1, 0.15) is 0 Å². The highest BCUT2D eigenvalue weighted by Crippen LogP contribution is 2.27. The Hall–Kier alpha value is 0.01000. The van der Waals surface area contributed by atoms with Crippen LogP contribution < -0.4 is 5.73 Å².